The number of pyridine rings is 1. The number of H-pyrrole nitrogens is 1. The van der Waals surface area contributed by atoms with Crippen molar-refractivity contribution in [3.8, 4) is 0 Å². The van der Waals surface area contributed by atoms with E-state index < -0.39 is 17.6 Å². The fraction of sp³-hybridized carbons (Fsp3) is 0.125. The van der Waals surface area contributed by atoms with Crippen molar-refractivity contribution in [2.75, 3.05) is 0 Å². The molecule has 1 aromatic carbocycles. The Morgan fingerprint density at radius 1 is 1.27 bits per heavy atom. The van der Waals surface area contributed by atoms with E-state index in [1.807, 2.05) is 0 Å². The number of carbonyl (C=O) groups is 1. The zero-order chi connectivity index (χ0) is 15.7. The Bertz CT molecular complexity index is 858. The number of hydrogen-bond acceptors (Lipinski definition) is 3. The van der Waals surface area contributed by atoms with E-state index in [2.05, 4.69) is 9.97 Å². The number of carbonyl (C=O) groups excluding carboxylic acids is 1. The molecule has 0 aliphatic carbocycles. The molecule has 6 heteroatoms. The van der Waals surface area contributed by atoms with Crippen molar-refractivity contribution in [3.63, 3.8) is 0 Å². The Labute approximate surface area is 124 Å². The molecule has 0 aliphatic rings. The van der Waals surface area contributed by atoms with Gasteiger partial charge in [0, 0.05) is 23.3 Å². The van der Waals surface area contributed by atoms with Crippen LogP contribution < -0.4 is 0 Å². The number of nitrogens with zero attached hydrogens (tertiary/aromatic N) is 1. The SMILES string of the molecule is Cc1cc(F)c(COC(=O)c2ccnc3[nH]ccc23)cc1F. The first kappa shape index (κ1) is 14.2. The number of aromatic amines is 1. The number of nitrogens with one attached hydrogen (secondary N) is 1. The zero-order valence-corrected chi connectivity index (χ0v) is 11.7. The van der Waals surface area contributed by atoms with Crippen LogP contribution in [0.25, 0.3) is 11.0 Å². The number of esters is 1. The molecule has 0 saturated heterocycles. The summed E-state index contributed by atoms with van der Waals surface area (Å²) < 4.78 is 32.2. The van der Waals surface area contributed by atoms with Crippen LogP contribution >= 0.6 is 0 Å². The van der Waals surface area contributed by atoms with E-state index in [-0.39, 0.29) is 17.7 Å². The van der Waals surface area contributed by atoms with Gasteiger partial charge in [-0.15, -0.1) is 0 Å². The highest BCUT2D eigenvalue weighted by atomic mass is 19.1. The smallest absolute Gasteiger partial charge is 0.339 e. The van der Waals surface area contributed by atoms with Crippen molar-refractivity contribution in [3.05, 3.63) is 65.0 Å². The standard InChI is InChI=1S/C16H12F2N2O2/c1-9-6-14(18)10(7-13(9)17)8-22-16(21)12-3-5-20-15-11(12)2-4-19-15/h2-7H,8H2,1H3,(H,19,20). The molecule has 22 heavy (non-hydrogen) atoms. The summed E-state index contributed by atoms with van der Waals surface area (Å²) in [6.45, 7) is 1.13. The zero-order valence-electron chi connectivity index (χ0n) is 11.7. The molecule has 4 nitrogen and oxygen atoms in total. The maximum absolute atomic E-state index is 13.7. The Morgan fingerprint density at radius 2 is 2.09 bits per heavy atom. The number of halogens is 2. The monoisotopic (exact) mass is 302 g/mol. The molecular formula is C16H12F2N2O2. The van der Waals surface area contributed by atoms with Gasteiger partial charge in [0.1, 0.15) is 23.9 Å². The number of fused-ring (bicyclic) bond motifs is 1. The van der Waals surface area contributed by atoms with Crippen LogP contribution in [0.5, 0.6) is 0 Å². The second-order valence-corrected chi connectivity index (χ2v) is 4.87. The van der Waals surface area contributed by atoms with Crippen LogP contribution in [-0.2, 0) is 11.3 Å². The minimum atomic E-state index is -0.618. The lowest BCUT2D eigenvalue weighted by atomic mass is 10.1. The summed E-state index contributed by atoms with van der Waals surface area (Å²) in [4.78, 5) is 19.1. The molecular weight excluding hydrogens is 290 g/mol. The van der Waals surface area contributed by atoms with E-state index in [1.165, 1.54) is 19.2 Å². The van der Waals surface area contributed by atoms with Gasteiger partial charge in [0.2, 0.25) is 0 Å². The summed E-state index contributed by atoms with van der Waals surface area (Å²) in [5, 5.41) is 0.614. The number of rotatable bonds is 3. The number of aromatic nitrogens is 2. The van der Waals surface area contributed by atoms with Crippen LogP contribution in [0.15, 0.2) is 36.7 Å². The first-order valence-electron chi connectivity index (χ1n) is 6.60. The molecule has 0 fully saturated rings. The van der Waals surface area contributed by atoms with Crippen molar-refractivity contribution >= 4 is 17.0 Å². The molecule has 0 radical (unpaired) electrons. The maximum atomic E-state index is 13.7. The molecule has 3 aromatic rings. The summed E-state index contributed by atoms with van der Waals surface area (Å²) in [7, 11) is 0. The average molecular weight is 302 g/mol. The highest BCUT2D eigenvalue weighted by Gasteiger charge is 2.14. The van der Waals surface area contributed by atoms with Crippen molar-refractivity contribution in [2.24, 2.45) is 0 Å². The van der Waals surface area contributed by atoms with E-state index >= 15 is 0 Å². The number of hydrogen-bond donors (Lipinski definition) is 1. The fourth-order valence-electron chi connectivity index (χ4n) is 2.16. The minimum absolute atomic E-state index is 0.00387. The van der Waals surface area contributed by atoms with Gasteiger partial charge in [0.15, 0.2) is 0 Å². The van der Waals surface area contributed by atoms with E-state index in [0.29, 0.717) is 16.6 Å². The highest BCUT2D eigenvalue weighted by molar-refractivity contribution is 6.02. The molecule has 0 saturated carbocycles. The molecule has 0 atom stereocenters. The van der Waals surface area contributed by atoms with Crippen LogP contribution in [0.4, 0.5) is 8.78 Å². The summed E-state index contributed by atoms with van der Waals surface area (Å²) in [5.41, 5.74) is 1.08. The van der Waals surface area contributed by atoms with Crippen LogP contribution in [0.1, 0.15) is 21.5 Å². The number of aryl methyl sites for hydroxylation is 1. The summed E-state index contributed by atoms with van der Waals surface area (Å²) in [6, 6.07) is 5.33. The molecule has 112 valence electrons. The third-order valence-electron chi connectivity index (χ3n) is 3.37. The van der Waals surface area contributed by atoms with Crippen molar-refractivity contribution < 1.29 is 18.3 Å². The molecule has 0 aliphatic heterocycles. The highest BCUT2D eigenvalue weighted by Crippen LogP contribution is 2.18. The van der Waals surface area contributed by atoms with Gasteiger partial charge < -0.3 is 9.72 Å². The van der Waals surface area contributed by atoms with Gasteiger partial charge in [0.05, 0.1) is 5.56 Å². The Balaban J connectivity index is 1.81. The van der Waals surface area contributed by atoms with Crippen molar-refractivity contribution in [1.82, 2.24) is 9.97 Å². The predicted molar refractivity (Wildman–Crippen MR) is 76.3 cm³/mol. The lowest BCUT2D eigenvalue weighted by Crippen LogP contribution is -2.07. The first-order valence-corrected chi connectivity index (χ1v) is 6.60. The van der Waals surface area contributed by atoms with E-state index in [4.69, 9.17) is 4.74 Å². The maximum Gasteiger partial charge on any atom is 0.339 e. The topological polar surface area (TPSA) is 55.0 Å². The van der Waals surface area contributed by atoms with Crippen LogP contribution in [-0.4, -0.2) is 15.9 Å². The summed E-state index contributed by atoms with van der Waals surface area (Å²) in [5.74, 6) is -1.76. The van der Waals surface area contributed by atoms with Crippen molar-refractivity contribution in [2.45, 2.75) is 13.5 Å². The second-order valence-electron chi connectivity index (χ2n) is 4.87. The van der Waals surface area contributed by atoms with E-state index in [9.17, 15) is 13.6 Å². The normalized spacial score (nSPS) is 10.9. The quantitative estimate of drug-likeness (QED) is 0.753. The van der Waals surface area contributed by atoms with Gasteiger partial charge in [0.25, 0.3) is 0 Å². The lowest BCUT2D eigenvalue weighted by Gasteiger charge is -2.08. The average Bonchev–Trinajstić information content (AvgIpc) is 2.97. The van der Waals surface area contributed by atoms with Crippen molar-refractivity contribution in [1.29, 1.82) is 0 Å². The molecule has 0 bridgehead atoms. The fourth-order valence-corrected chi connectivity index (χ4v) is 2.16. The van der Waals surface area contributed by atoms with Gasteiger partial charge in [-0.1, -0.05) is 0 Å². The molecule has 1 N–H and O–H groups in total. The molecule has 2 aromatic heterocycles. The van der Waals surface area contributed by atoms with Gasteiger partial charge in [-0.05, 0) is 36.8 Å². The van der Waals surface area contributed by atoms with Crippen LogP contribution in [0.2, 0.25) is 0 Å². The Morgan fingerprint density at radius 3 is 2.91 bits per heavy atom. The van der Waals surface area contributed by atoms with E-state index in [1.54, 1.807) is 12.3 Å². The Hall–Kier alpha value is -2.76. The molecule has 0 amide bonds. The van der Waals surface area contributed by atoms with Gasteiger partial charge >= 0.3 is 5.97 Å². The third kappa shape index (κ3) is 2.55. The third-order valence-corrected chi connectivity index (χ3v) is 3.37. The molecule has 0 unspecified atom stereocenters. The Kier molecular flexibility index (Phi) is 3.58. The van der Waals surface area contributed by atoms with Crippen LogP contribution in [0.3, 0.4) is 0 Å². The lowest BCUT2D eigenvalue weighted by molar-refractivity contribution is 0.0471. The minimum Gasteiger partial charge on any atom is -0.457 e. The van der Waals surface area contributed by atoms with Crippen LogP contribution in [0, 0.1) is 18.6 Å². The largest absolute Gasteiger partial charge is 0.457 e. The summed E-state index contributed by atoms with van der Waals surface area (Å²) in [6.07, 6.45) is 3.13. The number of ether oxygens (including phenoxy) is 1. The van der Waals surface area contributed by atoms with E-state index in [0.717, 1.165) is 12.1 Å². The second kappa shape index (κ2) is 5.55. The summed E-state index contributed by atoms with van der Waals surface area (Å²) >= 11 is 0. The molecule has 3 rings (SSSR count). The number of benzene rings is 1. The predicted octanol–water partition coefficient (Wildman–Crippen LogP) is 3.51. The van der Waals surface area contributed by atoms with Gasteiger partial charge in [-0.2, -0.15) is 0 Å². The molecule has 0 spiro atoms. The molecule has 2 heterocycles. The van der Waals surface area contributed by atoms with Gasteiger partial charge in [-0.3, -0.25) is 0 Å². The van der Waals surface area contributed by atoms with Gasteiger partial charge in [-0.25, -0.2) is 18.6 Å². The first-order chi connectivity index (χ1) is 10.6.